The molecule has 0 unspecified atom stereocenters. The molecule has 0 aliphatic heterocycles. The molecule has 0 bridgehead atoms. The summed E-state index contributed by atoms with van der Waals surface area (Å²) in [4.78, 5) is 11.6. The standard InChI is InChI=1S/C14H14O3/c1-16-13-9-11(8-12(13)14(15)17-2)10-6-4-3-5-7-10/h3-7,9H,8H2,1-2H3. The van der Waals surface area contributed by atoms with Crippen LogP contribution in [0.25, 0.3) is 5.57 Å². The summed E-state index contributed by atoms with van der Waals surface area (Å²) in [6.07, 6.45) is 2.45. The van der Waals surface area contributed by atoms with E-state index >= 15 is 0 Å². The van der Waals surface area contributed by atoms with E-state index in [4.69, 9.17) is 9.47 Å². The SMILES string of the molecule is COC(=O)C1=C(OC)C=C(c2ccccc2)C1. The van der Waals surface area contributed by atoms with Crippen molar-refractivity contribution >= 4 is 11.5 Å². The number of hydrogen-bond donors (Lipinski definition) is 0. The van der Waals surface area contributed by atoms with Crippen LogP contribution in [0.15, 0.2) is 47.7 Å². The average molecular weight is 230 g/mol. The fourth-order valence-electron chi connectivity index (χ4n) is 1.89. The van der Waals surface area contributed by atoms with Crippen LogP contribution in [0.4, 0.5) is 0 Å². The molecule has 0 saturated heterocycles. The third-order valence-corrected chi connectivity index (χ3v) is 2.77. The second-order valence-electron chi connectivity index (χ2n) is 3.75. The van der Waals surface area contributed by atoms with E-state index in [0.29, 0.717) is 17.8 Å². The molecule has 3 nitrogen and oxygen atoms in total. The third kappa shape index (κ3) is 2.23. The monoisotopic (exact) mass is 230 g/mol. The summed E-state index contributed by atoms with van der Waals surface area (Å²) in [6, 6.07) is 9.93. The van der Waals surface area contributed by atoms with Crippen LogP contribution in [-0.2, 0) is 14.3 Å². The Morgan fingerprint density at radius 1 is 1.18 bits per heavy atom. The third-order valence-electron chi connectivity index (χ3n) is 2.77. The van der Waals surface area contributed by atoms with Crippen molar-refractivity contribution in [3.05, 3.63) is 53.3 Å². The van der Waals surface area contributed by atoms with E-state index in [1.807, 2.05) is 36.4 Å². The minimum atomic E-state index is -0.330. The fourth-order valence-corrected chi connectivity index (χ4v) is 1.89. The van der Waals surface area contributed by atoms with Crippen LogP contribution in [0, 0.1) is 0 Å². The molecule has 0 amide bonds. The van der Waals surface area contributed by atoms with E-state index in [1.54, 1.807) is 7.11 Å². The molecule has 0 N–H and O–H groups in total. The zero-order valence-corrected chi connectivity index (χ0v) is 9.90. The van der Waals surface area contributed by atoms with Gasteiger partial charge in [0.1, 0.15) is 5.76 Å². The summed E-state index contributed by atoms with van der Waals surface area (Å²) in [5.41, 5.74) is 2.75. The molecule has 0 spiro atoms. The quantitative estimate of drug-likeness (QED) is 0.748. The molecule has 3 heteroatoms. The van der Waals surface area contributed by atoms with Crippen molar-refractivity contribution in [1.29, 1.82) is 0 Å². The van der Waals surface area contributed by atoms with Crippen LogP contribution < -0.4 is 0 Å². The molecule has 2 rings (SSSR count). The Kier molecular flexibility index (Phi) is 3.28. The van der Waals surface area contributed by atoms with Gasteiger partial charge in [-0.1, -0.05) is 30.3 Å². The number of hydrogen-bond acceptors (Lipinski definition) is 3. The zero-order chi connectivity index (χ0) is 12.3. The van der Waals surface area contributed by atoms with Gasteiger partial charge >= 0.3 is 5.97 Å². The molecule has 1 aliphatic rings. The Morgan fingerprint density at radius 3 is 2.47 bits per heavy atom. The largest absolute Gasteiger partial charge is 0.496 e. The first kappa shape index (κ1) is 11.5. The number of ether oxygens (including phenoxy) is 2. The Balaban J connectivity index is 2.27. The highest BCUT2D eigenvalue weighted by molar-refractivity contribution is 5.95. The van der Waals surface area contributed by atoms with Crippen molar-refractivity contribution in [2.24, 2.45) is 0 Å². The van der Waals surface area contributed by atoms with Crippen LogP contribution in [0.5, 0.6) is 0 Å². The fraction of sp³-hybridized carbons (Fsp3) is 0.214. The number of esters is 1. The molecule has 1 aromatic rings. The predicted octanol–water partition coefficient (Wildman–Crippen LogP) is 2.55. The Labute approximate surface area is 100 Å². The lowest BCUT2D eigenvalue weighted by Gasteiger charge is -2.04. The summed E-state index contributed by atoms with van der Waals surface area (Å²) < 4.78 is 9.94. The molecule has 0 aromatic heterocycles. The van der Waals surface area contributed by atoms with Crippen molar-refractivity contribution in [3.63, 3.8) is 0 Å². The lowest BCUT2D eigenvalue weighted by atomic mass is 10.0. The van der Waals surface area contributed by atoms with Gasteiger partial charge < -0.3 is 9.47 Å². The highest BCUT2D eigenvalue weighted by atomic mass is 16.5. The number of benzene rings is 1. The van der Waals surface area contributed by atoms with E-state index < -0.39 is 0 Å². The zero-order valence-electron chi connectivity index (χ0n) is 9.90. The molecular formula is C14H14O3. The molecule has 88 valence electrons. The number of allylic oxidation sites excluding steroid dienone is 2. The maximum atomic E-state index is 11.6. The molecule has 1 aliphatic carbocycles. The average Bonchev–Trinajstić information content (AvgIpc) is 2.83. The second-order valence-corrected chi connectivity index (χ2v) is 3.75. The van der Waals surface area contributed by atoms with Gasteiger partial charge in [0.15, 0.2) is 0 Å². The van der Waals surface area contributed by atoms with E-state index in [2.05, 4.69) is 0 Å². The van der Waals surface area contributed by atoms with Crippen LogP contribution >= 0.6 is 0 Å². The Bertz CT molecular complexity index is 483. The molecule has 0 fully saturated rings. The van der Waals surface area contributed by atoms with Gasteiger partial charge in [-0.15, -0.1) is 0 Å². The summed E-state index contributed by atoms with van der Waals surface area (Å²) in [5, 5.41) is 0. The van der Waals surface area contributed by atoms with Gasteiger partial charge in [-0.25, -0.2) is 4.79 Å². The van der Waals surface area contributed by atoms with Crippen LogP contribution in [0.3, 0.4) is 0 Å². The molecule has 0 saturated carbocycles. The van der Waals surface area contributed by atoms with E-state index in [1.165, 1.54) is 7.11 Å². The minimum absolute atomic E-state index is 0.330. The first-order chi connectivity index (χ1) is 8.26. The van der Waals surface area contributed by atoms with Crippen LogP contribution in [-0.4, -0.2) is 20.2 Å². The first-order valence-corrected chi connectivity index (χ1v) is 5.37. The number of rotatable bonds is 3. The highest BCUT2D eigenvalue weighted by Gasteiger charge is 2.24. The normalized spacial score (nSPS) is 14.6. The first-order valence-electron chi connectivity index (χ1n) is 5.37. The summed E-state index contributed by atoms with van der Waals surface area (Å²) in [5.74, 6) is 0.264. The Hall–Kier alpha value is -2.03. The minimum Gasteiger partial charge on any atom is -0.496 e. The Morgan fingerprint density at radius 2 is 1.88 bits per heavy atom. The number of methoxy groups -OCH3 is 2. The molecule has 0 radical (unpaired) electrons. The van der Waals surface area contributed by atoms with Crippen molar-refractivity contribution < 1.29 is 14.3 Å². The lowest BCUT2D eigenvalue weighted by molar-refractivity contribution is -0.136. The molecular weight excluding hydrogens is 216 g/mol. The second kappa shape index (κ2) is 4.87. The van der Waals surface area contributed by atoms with Gasteiger partial charge in [0.25, 0.3) is 0 Å². The van der Waals surface area contributed by atoms with Crippen molar-refractivity contribution in [2.75, 3.05) is 14.2 Å². The van der Waals surface area contributed by atoms with Crippen molar-refractivity contribution in [1.82, 2.24) is 0 Å². The molecule has 0 heterocycles. The van der Waals surface area contributed by atoms with Gasteiger partial charge in [-0.2, -0.15) is 0 Å². The molecule has 1 aromatic carbocycles. The van der Waals surface area contributed by atoms with E-state index in [-0.39, 0.29) is 5.97 Å². The molecule has 0 atom stereocenters. The predicted molar refractivity (Wildman–Crippen MR) is 65.1 cm³/mol. The van der Waals surface area contributed by atoms with Gasteiger partial charge in [-0.05, 0) is 17.2 Å². The van der Waals surface area contributed by atoms with E-state index in [9.17, 15) is 4.79 Å². The summed E-state index contributed by atoms with van der Waals surface area (Å²) >= 11 is 0. The van der Waals surface area contributed by atoms with Crippen molar-refractivity contribution in [2.45, 2.75) is 6.42 Å². The number of carbonyl (C=O) groups excluding carboxylic acids is 1. The highest BCUT2D eigenvalue weighted by Crippen LogP contribution is 2.33. The van der Waals surface area contributed by atoms with Gasteiger partial charge in [0.05, 0.1) is 19.8 Å². The molecule has 17 heavy (non-hydrogen) atoms. The van der Waals surface area contributed by atoms with Crippen LogP contribution in [0.1, 0.15) is 12.0 Å². The summed E-state index contributed by atoms with van der Waals surface area (Å²) in [6.45, 7) is 0. The lowest BCUT2D eigenvalue weighted by Crippen LogP contribution is -2.05. The topological polar surface area (TPSA) is 35.5 Å². The van der Waals surface area contributed by atoms with Crippen molar-refractivity contribution in [3.8, 4) is 0 Å². The van der Waals surface area contributed by atoms with Crippen LogP contribution in [0.2, 0.25) is 0 Å². The maximum Gasteiger partial charge on any atom is 0.337 e. The van der Waals surface area contributed by atoms with Gasteiger partial charge in [-0.3, -0.25) is 0 Å². The number of carbonyl (C=O) groups is 1. The van der Waals surface area contributed by atoms with Gasteiger partial charge in [0, 0.05) is 6.42 Å². The van der Waals surface area contributed by atoms with Gasteiger partial charge in [0.2, 0.25) is 0 Å². The summed E-state index contributed by atoms with van der Waals surface area (Å²) in [7, 11) is 2.94. The van der Waals surface area contributed by atoms with E-state index in [0.717, 1.165) is 11.1 Å². The smallest absolute Gasteiger partial charge is 0.337 e. The maximum absolute atomic E-state index is 11.6.